The molecule has 0 aliphatic rings. The van der Waals surface area contributed by atoms with Gasteiger partial charge in [0.1, 0.15) is 5.75 Å². The van der Waals surface area contributed by atoms with Crippen LogP contribution in [0.25, 0.3) is 32.9 Å². The number of aryl methyl sites for hydroxylation is 1. The largest absolute Gasteiger partial charge is 0.494 e. The van der Waals surface area contributed by atoms with Crippen LogP contribution >= 0.6 is 0 Å². The molecule has 0 N–H and O–H groups in total. The van der Waals surface area contributed by atoms with E-state index in [4.69, 9.17) is 9.72 Å². The van der Waals surface area contributed by atoms with Crippen LogP contribution < -0.4 is 4.74 Å². The Balaban J connectivity index is 1.87. The van der Waals surface area contributed by atoms with Crippen LogP contribution in [0.2, 0.25) is 0 Å². The van der Waals surface area contributed by atoms with Crippen molar-refractivity contribution in [2.75, 3.05) is 6.61 Å². The van der Waals surface area contributed by atoms with E-state index < -0.39 is 0 Å². The molecule has 0 unspecified atom stereocenters. The molecule has 0 bridgehead atoms. The van der Waals surface area contributed by atoms with E-state index in [0.717, 1.165) is 22.5 Å². The first-order valence-corrected chi connectivity index (χ1v) is 8.28. The third-order valence-electron chi connectivity index (χ3n) is 4.36. The first kappa shape index (κ1) is 14.7. The normalized spacial score (nSPS) is 11.1. The van der Waals surface area contributed by atoms with Gasteiger partial charge in [0.15, 0.2) is 0 Å². The van der Waals surface area contributed by atoms with E-state index in [-0.39, 0.29) is 0 Å². The molecule has 0 atom stereocenters. The SMILES string of the molecule is CCOc1ccc(-c2cc(C)c3c(ccc4ccccc43)n2)cc1. The molecule has 0 aliphatic carbocycles. The second-order valence-electron chi connectivity index (χ2n) is 5.96. The summed E-state index contributed by atoms with van der Waals surface area (Å²) in [6.07, 6.45) is 0. The number of benzene rings is 3. The van der Waals surface area contributed by atoms with Gasteiger partial charge in [-0.25, -0.2) is 4.98 Å². The van der Waals surface area contributed by atoms with Crippen LogP contribution in [-0.4, -0.2) is 11.6 Å². The molecule has 0 amide bonds. The highest BCUT2D eigenvalue weighted by Gasteiger charge is 2.08. The topological polar surface area (TPSA) is 22.1 Å². The Kier molecular flexibility index (Phi) is 3.66. The monoisotopic (exact) mass is 313 g/mol. The molecule has 0 radical (unpaired) electrons. The molecule has 0 fully saturated rings. The van der Waals surface area contributed by atoms with Crippen molar-refractivity contribution in [3.63, 3.8) is 0 Å². The minimum atomic E-state index is 0.680. The highest BCUT2D eigenvalue weighted by molar-refractivity contribution is 6.08. The van der Waals surface area contributed by atoms with Crippen LogP contribution in [0, 0.1) is 6.92 Å². The van der Waals surface area contributed by atoms with Crippen molar-refractivity contribution >= 4 is 21.7 Å². The van der Waals surface area contributed by atoms with Crippen LogP contribution in [0.3, 0.4) is 0 Å². The fraction of sp³-hybridized carbons (Fsp3) is 0.136. The summed E-state index contributed by atoms with van der Waals surface area (Å²) in [6.45, 7) is 4.83. The van der Waals surface area contributed by atoms with Crippen molar-refractivity contribution in [1.82, 2.24) is 4.98 Å². The molecule has 3 aromatic carbocycles. The number of hydrogen-bond acceptors (Lipinski definition) is 2. The van der Waals surface area contributed by atoms with Crippen molar-refractivity contribution in [3.8, 4) is 17.0 Å². The van der Waals surface area contributed by atoms with Crippen molar-refractivity contribution in [1.29, 1.82) is 0 Å². The molecule has 24 heavy (non-hydrogen) atoms. The van der Waals surface area contributed by atoms with Crippen LogP contribution in [-0.2, 0) is 0 Å². The fourth-order valence-corrected chi connectivity index (χ4v) is 3.24. The quantitative estimate of drug-likeness (QED) is 0.448. The number of pyridine rings is 1. The van der Waals surface area contributed by atoms with Gasteiger partial charge >= 0.3 is 0 Å². The van der Waals surface area contributed by atoms with Gasteiger partial charge in [0.25, 0.3) is 0 Å². The maximum Gasteiger partial charge on any atom is 0.119 e. The molecule has 118 valence electrons. The molecular weight excluding hydrogens is 294 g/mol. The van der Waals surface area contributed by atoms with E-state index in [1.165, 1.54) is 21.7 Å². The predicted octanol–water partition coefficient (Wildman–Crippen LogP) is 5.76. The molecule has 0 saturated heterocycles. The van der Waals surface area contributed by atoms with Gasteiger partial charge < -0.3 is 4.74 Å². The minimum absolute atomic E-state index is 0.680. The Labute approximate surface area is 141 Å². The second kappa shape index (κ2) is 5.97. The van der Waals surface area contributed by atoms with Crippen molar-refractivity contribution in [3.05, 3.63) is 72.3 Å². The lowest BCUT2D eigenvalue weighted by molar-refractivity contribution is 0.340. The molecule has 0 spiro atoms. The Hall–Kier alpha value is -2.87. The molecule has 2 nitrogen and oxygen atoms in total. The number of ether oxygens (including phenoxy) is 1. The number of fused-ring (bicyclic) bond motifs is 3. The number of hydrogen-bond donors (Lipinski definition) is 0. The summed E-state index contributed by atoms with van der Waals surface area (Å²) in [7, 11) is 0. The molecule has 2 heteroatoms. The van der Waals surface area contributed by atoms with E-state index in [9.17, 15) is 0 Å². The summed E-state index contributed by atoms with van der Waals surface area (Å²) >= 11 is 0. The van der Waals surface area contributed by atoms with Crippen LogP contribution in [0.4, 0.5) is 0 Å². The van der Waals surface area contributed by atoms with Gasteiger partial charge in [0, 0.05) is 10.9 Å². The van der Waals surface area contributed by atoms with E-state index in [1.54, 1.807) is 0 Å². The smallest absolute Gasteiger partial charge is 0.119 e. The highest BCUT2D eigenvalue weighted by atomic mass is 16.5. The summed E-state index contributed by atoms with van der Waals surface area (Å²) in [5.41, 5.74) is 4.40. The van der Waals surface area contributed by atoms with Gasteiger partial charge in [-0.1, -0.05) is 30.3 Å². The van der Waals surface area contributed by atoms with E-state index >= 15 is 0 Å². The summed E-state index contributed by atoms with van der Waals surface area (Å²) in [5.74, 6) is 0.893. The lowest BCUT2D eigenvalue weighted by Gasteiger charge is -2.10. The zero-order valence-electron chi connectivity index (χ0n) is 13.9. The Bertz CT molecular complexity index is 1020. The van der Waals surface area contributed by atoms with Crippen LogP contribution in [0.15, 0.2) is 66.7 Å². The summed E-state index contributed by atoms with van der Waals surface area (Å²) < 4.78 is 5.52. The lowest BCUT2D eigenvalue weighted by Crippen LogP contribution is -1.92. The standard InChI is InChI=1S/C22H19NO/c1-3-24-18-11-8-17(9-12-18)21-14-15(2)22-19-7-5-4-6-16(19)10-13-20(22)23-21/h4-14H,3H2,1-2H3. The van der Waals surface area contributed by atoms with Crippen molar-refractivity contribution in [2.45, 2.75) is 13.8 Å². The molecular formula is C22H19NO. The van der Waals surface area contributed by atoms with E-state index in [0.29, 0.717) is 6.61 Å². The third kappa shape index (κ3) is 2.50. The highest BCUT2D eigenvalue weighted by Crippen LogP contribution is 2.30. The Morgan fingerprint density at radius 2 is 1.71 bits per heavy atom. The zero-order chi connectivity index (χ0) is 16.5. The summed E-state index contributed by atoms with van der Waals surface area (Å²) in [5, 5.41) is 3.75. The van der Waals surface area contributed by atoms with E-state index in [1.807, 2.05) is 19.1 Å². The molecule has 4 rings (SSSR count). The first-order valence-electron chi connectivity index (χ1n) is 8.28. The lowest BCUT2D eigenvalue weighted by atomic mass is 9.99. The Morgan fingerprint density at radius 3 is 2.50 bits per heavy atom. The van der Waals surface area contributed by atoms with E-state index in [2.05, 4.69) is 61.5 Å². The molecule has 0 aliphatic heterocycles. The molecule has 0 saturated carbocycles. The van der Waals surface area contributed by atoms with Gasteiger partial charge in [-0.2, -0.15) is 0 Å². The van der Waals surface area contributed by atoms with Gasteiger partial charge in [-0.3, -0.25) is 0 Å². The molecule has 1 heterocycles. The summed E-state index contributed by atoms with van der Waals surface area (Å²) in [4.78, 5) is 4.89. The minimum Gasteiger partial charge on any atom is -0.494 e. The number of aromatic nitrogens is 1. The average molecular weight is 313 g/mol. The number of rotatable bonds is 3. The molecule has 1 aromatic heterocycles. The summed E-state index contributed by atoms with van der Waals surface area (Å²) in [6, 6.07) is 23.0. The van der Waals surface area contributed by atoms with Crippen molar-refractivity contribution in [2.24, 2.45) is 0 Å². The molecule has 4 aromatic rings. The van der Waals surface area contributed by atoms with Crippen LogP contribution in [0.5, 0.6) is 5.75 Å². The van der Waals surface area contributed by atoms with Gasteiger partial charge in [-0.15, -0.1) is 0 Å². The maximum atomic E-state index is 5.52. The van der Waals surface area contributed by atoms with Gasteiger partial charge in [-0.05, 0) is 66.6 Å². The first-order chi connectivity index (χ1) is 11.8. The Morgan fingerprint density at radius 1 is 0.917 bits per heavy atom. The van der Waals surface area contributed by atoms with Crippen molar-refractivity contribution < 1.29 is 4.74 Å². The average Bonchev–Trinajstić information content (AvgIpc) is 2.62. The van der Waals surface area contributed by atoms with Gasteiger partial charge in [0.2, 0.25) is 0 Å². The predicted molar refractivity (Wildman–Crippen MR) is 101 cm³/mol. The maximum absolute atomic E-state index is 5.52. The second-order valence-corrected chi connectivity index (χ2v) is 5.96. The third-order valence-corrected chi connectivity index (χ3v) is 4.36. The van der Waals surface area contributed by atoms with Crippen LogP contribution in [0.1, 0.15) is 12.5 Å². The fourth-order valence-electron chi connectivity index (χ4n) is 3.24. The number of nitrogens with zero attached hydrogens (tertiary/aromatic N) is 1. The van der Waals surface area contributed by atoms with Gasteiger partial charge in [0.05, 0.1) is 17.8 Å². The zero-order valence-corrected chi connectivity index (χ0v) is 13.9.